The Morgan fingerprint density at radius 3 is 2.73 bits per heavy atom. The summed E-state index contributed by atoms with van der Waals surface area (Å²) >= 11 is 0. The van der Waals surface area contributed by atoms with Gasteiger partial charge in [-0.25, -0.2) is 0 Å². The molecule has 2 aromatic carbocycles. The van der Waals surface area contributed by atoms with Crippen molar-refractivity contribution in [2.45, 2.75) is 25.5 Å². The molecule has 0 radical (unpaired) electrons. The number of ether oxygens (including phenoxy) is 2. The second-order valence-electron chi connectivity index (χ2n) is 6.99. The van der Waals surface area contributed by atoms with E-state index in [2.05, 4.69) is 23.2 Å². The fourth-order valence-corrected chi connectivity index (χ4v) is 3.68. The van der Waals surface area contributed by atoms with Gasteiger partial charge in [-0.15, -0.1) is 0 Å². The van der Waals surface area contributed by atoms with Crippen LogP contribution in [-0.2, 0) is 0 Å². The predicted octanol–water partition coefficient (Wildman–Crippen LogP) is 3.20. The minimum Gasteiger partial charge on any atom is -0.497 e. The molecule has 2 aliphatic rings. The molecule has 1 fully saturated rings. The molecule has 0 aliphatic carbocycles. The van der Waals surface area contributed by atoms with E-state index in [4.69, 9.17) is 9.47 Å². The number of piperazine rings is 1. The summed E-state index contributed by atoms with van der Waals surface area (Å²) in [6.45, 7) is 5.04. The molecule has 26 heavy (non-hydrogen) atoms. The Morgan fingerprint density at radius 1 is 1.19 bits per heavy atom. The molecule has 0 amide bonds. The Balaban J connectivity index is 1.56. The Hall–Kier alpha value is -2.53. The average Bonchev–Trinajstić information content (AvgIpc) is 2.68. The van der Waals surface area contributed by atoms with Crippen LogP contribution in [0.2, 0.25) is 0 Å². The number of rotatable bonds is 3. The summed E-state index contributed by atoms with van der Waals surface area (Å²) < 4.78 is 11.3. The standard InChI is InChI=1S/C21H24N2O3/c1-14-13-23(10-9-22-14)16-5-8-20-18(11-16)19(24)12-21(26-20)15-3-6-17(25-2)7-4-15/h3-8,11,14,21-22H,9-10,12-13H2,1-2H3/t14-,21?/m0/s1. The van der Waals surface area contributed by atoms with E-state index in [-0.39, 0.29) is 11.9 Å². The lowest BCUT2D eigenvalue weighted by molar-refractivity contribution is 0.0850. The van der Waals surface area contributed by atoms with Crippen LogP contribution in [-0.4, -0.2) is 38.6 Å². The third-order valence-corrected chi connectivity index (χ3v) is 5.13. The summed E-state index contributed by atoms with van der Waals surface area (Å²) in [5.74, 6) is 1.61. The predicted molar refractivity (Wildman–Crippen MR) is 101 cm³/mol. The minimum atomic E-state index is -0.244. The molecule has 0 bridgehead atoms. The highest BCUT2D eigenvalue weighted by Gasteiger charge is 2.29. The summed E-state index contributed by atoms with van der Waals surface area (Å²) in [7, 11) is 1.64. The zero-order valence-corrected chi connectivity index (χ0v) is 15.2. The average molecular weight is 352 g/mol. The van der Waals surface area contributed by atoms with Crippen LogP contribution in [0.1, 0.15) is 35.4 Å². The fraction of sp³-hybridized carbons (Fsp3) is 0.381. The lowest BCUT2D eigenvalue weighted by Crippen LogP contribution is -2.49. The van der Waals surface area contributed by atoms with Gasteiger partial charge < -0.3 is 19.7 Å². The molecule has 5 heteroatoms. The van der Waals surface area contributed by atoms with Gasteiger partial charge in [0.15, 0.2) is 5.78 Å². The van der Waals surface area contributed by atoms with E-state index in [0.717, 1.165) is 36.6 Å². The van der Waals surface area contributed by atoms with E-state index in [9.17, 15) is 4.79 Å². The third kappa shape index (κ3) is 3.27. The highest BCUT2D eigenvalue weighted by molar-refractivity contribution is 6.01. The first kappa shape index (κ1) is 16.9. The van der Waals surface area contributed by atoms with Gasteiger partial charge in [0.05, 0.1) is 19.1 Å². The SMILES string of the molecule is COc1ccc(C2CC(=O)c3cc(N4CCN[C@@H](C)C4)ccc3O2)cc1. The van der Waals surface area contributed by atoms with Gasteiger partial charge >= 0.3 is 0 Å². The molecule has 2 aromatic rings. The van der Waals surface area contributed by atoms with E-state index in [1.54, 1.807) is 7.11 Å². The van der Waals surface area contributed by atoms with E-state index in [1.165, 1.54) is 0 Å². The number of benzene rings is 2. The van der Waals surface area contributed by atoms with Crippen molar-refractivity contribution in [1.82, 2.24) is 5.32 Å². The number of carbonyl (C=O) groups is 1. The molecule has 2 atom stereocenters. The summed E-state index contributed by atoms with van der Waals surface area (Å²) in [6.07, 6.45) is 0.117. The van der Waals surface area contributed by atoms with Gasteiger partial charge in [-0.3, -0.25) is 4.79 Å². The fourth-order valence-electron chi connectivity index (χ4n) is 3.68. The molecule has 2 heterocycles. The van der Waals surface area contributed by atoms with Crippen molar-refractivity contribution in [1.29, 1.82) is 0 Å². The normalized spacial score (nSPS) is 22.5. The van der Waals surface area contributed by atoms with Gasteiger partial charge in [-0.1, -0.05) is 12.1 Å². The van der Waals surface area contributed by atoms with Crippen molar-refractivity contribution >= 4 is 11.5 Å². The van der Waals surface area contributed by atoms with Gasteiger partial charge in [0.2, 0.25) is 0 Å². The molecule has 0 spiro atoms. The van der Waals surface area contributed by atoms with Crippen molar-refractivity contribution in [3.63, 3.8) is 0 Å². The zero-order chi connectivity index (χ0) is 18.1. The Labute approximate surface area is 153 Å². The second kappa shape index (κ2) is 7.00. The van der Waals surface area contributed by atoms with Gasteiger partial charge in [-0.2, -0.15) is 0 Å². The maximum atomic E-state index is 12.8. The van der Waals surface area contributed by atoms with Crippen LogP contribution in [0, 0.1) is 0 Å². The number of methoxy groups -OCH3 is 1. The lowest BCUT2D eigenvalue weighted by Gasteiger charge is -2.34. The molecular weight excluding hydrogens is 328 g/mol. The molecule has 0 aromatic heterocycles. The summed E-state index contributed by atoms with van der Waals surface area (Å²) in [6, 6.07) is 14.1. The van der Waals surface area contributed by atoms with Crippen LogP contribution in [0.15, 0.2) is 42.5 Å². The summed E-state index contributed by atoms with van der Waals surface area (Å²) in [5, 5.41) is 3.44. The van der Waals surface area contributed by atoms with Crippen molar-refractivity contribution in [2.75, 3.05) is 31.6 Å². The highest BCUT2D eigenvalue weighted by Crippen LogP contribution is 2.37. The maximum absolute atomic E-state index is 12.8. The first-order valence-electron chi connectivity index (χ1n) is 9.10. The Morgan fingerprint density at radius 2 is 2.00 bits per heavy atom. The number of nitrogens with one attached hydrogen (secondary N) is 1. The smallest absolute Gasteiger partial charge is 0.170 e. The van der Waals surface area contributed by atoms with Crippen LogP contribution in [0.3, 0.4) is 0 Å². The summed E-state index contributed by atoms with van der Waals surface area (Å²) in [4.78, 5) is 15.1. The van der Waals surface area contributed by atoms with E-state index >= 15 is 0 Å². The monoisotopic (exact) mass is 352 g/mol. The third-order valence-electron chi connectivity index (χ3n) is 5.13. The number of ketones is 1. The zero-order valence-electron chi connectivity index (χ0n) is 15.2. The number of anilines is 1. The maximum Gasteiger partial charge on any atom is 0.170 e. The molecule has 1 saturated heterocycles. The molecule has 1 unspecified atom stereocenters. The molecule has 4 rings (SSSR count). The second-order valence-corrected chi connectivity index (χ2v) is 6.99. The number of hydrogen-bond acceptors (Lipinski definition) is 5. The largest absolute Gasteiger partial charge is 0.497 e. The Kier molecular flexibility index (Phi) is 4.55. The number of hydrogen-bond donors (Lipinski definition) is 1. The van der Waals surface area contributed by atoms with E-state index < -0.39 is 0 Å². The lowest BCUT2D eigenvalue weighted by atomic mass is 9.95. The van der Waals surface area contributed by atoms with Crippen molar-refractivity contribution in [3.05, 3.63) is 53.6 Å². The quantitative estimate of drug-likeness (QED) is 0.919. The highest BCUT2D eigenvalue weighted by atomic mass is 16.5. The topological polar surface area (TPSA) is 50.8 Å². The van der Waals surface area contributed by atoms with Crippen LogP contribution in [0.4, 0.5) is 5.69 Å². The molecular formula is C21H24N2O3. The molecule has 0 saturated carbocycles. The van der Waals surface area contributed by atoms with Crippen LogP contribution >= 0.6 is 0 Å². The first-order valence-corrected chi connectivity index (χ1v) is 9.10. The Bertz CT molecular complexity index is 803. The van der Waals surface area contributed by atoms with E-state index in [0.29, 0.717) is 23.8 Å². The van der Waals surface area contributed by atoms with Gasteiger partial charge in [0, 0.05) is 31.4 Å². The summed E-state index contributed by atoms with van der Waals surface area (Å²) in [5.41, 5.74) is 2.78. The van der Waals surface area contributed by atoms with Gasteiger partial charge in [-0.05, 0) is 42.8 Å². The number of fused-ring (bicyclic) bond motifs is 1. The van der Waals surface area contributed by atoms with E-state index in [1.807, 2.05) is 36.4 Å². The molecule has 1 N–H and O–H groups in total. The number of nitrogens with zero attached hydrogens (tertiary/aromatic N) is 1. The van der Waals surface area contributed by atoms with Crippen LogP contribution in [0.25, 0.3) is 0 Å². The number of carbonyl (C=O) groups excluding carboxylic acids is 1. The van der Waals surface area contributed by atoms with Crippen LogP contribution in [0.5, 0.6) is 11.5 Å². The van der Waals surface area contributed by atoms with Gasteiger partial charge in [0.1, 0.15) is 17.6 Å². The molecule has 5 nitrogen and oxygen atoms in total. The first-order chi connectivity index (χ1) is 12.6. The minimum absolute atomic E-state index is 0.136. The van der Waals surface area contributed by atoms with Crippen molar-refractivity contribution in [3.8, 4) is 11.5 Å². The van der Waals surface area contributed by atoms with Crippen LogP contribution < -0.4 is 19.7 Å². The number of Topliss-reactive ketones (excluding diaryl/α,β-unsaturated/α-hetero) is 1. The van der Waals surface area contributed by atoms with Crippen molar-refractivity contribution in [2.24, 2.45) is 0 Å². The molecule has 2 aliphatic heterocycles. The van der Waals surface area contributed by atoms with Gasteiger partial charge in [0.25, 0.3) is 0 Å². The molecule has 136 valence electrons. The van der Waals surface area contributed by atoms with Crippen molar-refractivity contribution < 1.29 is 14.3 Å².